The number of likely N-dealkylation sites (tertiary alicyclic amines) is 1. The molecule has 0 aliphatic carbocycles. The van der Waals surface area contributed by atoms with Crippen molar-refractivity contribution < 1.29 is 9.90 Å². The Morgan fingerprint density at radius 1 is 1.41 bits per heavy atom. The van der Waals surface area contributed by atoms with E-state index in [9.17, 15) is 9.90 Å². The largest absolute Gasteiger partial charge is 0.508 e. The van der Waals surface area contributed by atoms with Crippen molar-refractivity contribution in [3.05, 3.63) is 29.8 Å². The lowest BCUT2D eigenvalue weighted by Crippen LogP contribution is -2.28. The Morgan fingerprint density at radius 3 is 2.76 bits per heavy atom. The number of nitrogens with zero attached hydrogens (tertiary/aromatic N) is 1. The van der Waals surface area contributed by atoms with Crippen LogP contribution >= 0.6 is 11.6 Å². The highest BCUT2D eigenvalue weighted by Gasteiger charge is 2.26. The van der Waals surface area contributed by atoms with Gasteiger partial charge in [0.25, 0.3) is 5.91 Å². The van der Waals surface area contributed by atoms with E-state index in [1.807, 2.05) is 4.90 Å². The van der Waals surface area contributed by atoms with Crippen LogP contribution in [-0.4, -0.2) is 34.9 Å². The van der Waals surface area contributed by atoms with Gasteiger partial charge >= 0.3 is 0 Å². The molecule has 1 fully saturated rings. The molecule has 2 rings (SSSR count). The van der Waals surface area contributed by atoms with Gasteiger partial charge in [0.1, 0.15) is 5.75 Å². The quantitative estimate of drug-likeness (QED) is 0.841. The molecule has 1 amide bonds. The number of carbonyl (C=O) groups excluding carboxylic acids is 1. The smallest absolute Gasteiger partial charge is 0.253 e. The number of hydrogen-bond acceptors (Lipinski definition) is 2. The van der Waals surface area contributed by atoms with Gasteiger partial charge in [-0.2, -0.15) is 0 Å². The van der Waals surface area contributed by atoms with Crippen molar-refractivity contribution in [1.29, 1.82) is 0 Å². The molecule has 0 radical (unpaired) electrons. The third kappa shape index (κ3) is 2.91. The topological polar surface area (TPSA) is 40.5 Å². The molecule has 0 bridgehead atoms. The van der Waals surface area contributed by atoms with Crippen LogP contribution in [0.25, 0.3) is 0 Å². The van der Waals surface area contributed by atoms with Gasteiger partial charge in [0.2, 0.25) is 0 Å². The molecular formula is C13H16ClNO2. The van der Waals surface area contributed by atoms with Gasteiger partial charge in [0.05, 0.1) is 0 Å². The van der Waals surface area contributed by atoms with Gasteiger partial charge < -0.3 is 10.0 Å². The maximum Gasteiger partial charge on any atom is 0.253 e. The van der Waals surface area contributed by atoms with E-state index < -0.39 is 0 Å². The van der Waals surface area contributed by atoms with E-state index in [-0.39, 0.29) is 11.7 Å². The molecule has 1 unspecified atom stereocenters. The maximum absolute atomic E-state index is 12.1. The minimum absolute atomic E-state index is 0.0436. The minimum atomic E-state index is 0.0436. The number of benzene rings is 1. The van der Waals surface area contributed by atoms with E-state index >= 15 is 0 Å². The zero-order chi connectivity index (χ0) is 12.3. The molecular weight excluding hydrogens is 238 g/mol. The van der Waals surface area contributed by atoms with Crippen molar-refractivity contribution in [2.75, 3.05) is 19.0 Å². The van der Waals surface area contributed by atoms with Crippen LogP contribution in [-0.2, 0) is 0 Å². The number of amides is 1. The van der Waals surface area contributed by atoms with Crippen molar-refractivity contribution in [3.8, 4) is 5.75 Å². The summed E-state index contributed by atoms with van der Waals surface area (Å²) in [5.74, 6) is 1.42. The first-order chi connectivity index (χ1) is 8.20. The van der Waals surface area contributed by atoms with Gasteiger partial charge in [-0.1, -0.05) is 0 Å². The molecule has 1 aromatic rings. The van der Waals surface area contributed by atoms with Gasteiger partial charge in [-0.3, -0.25) is 4.79 Å². The van der Waals surface area contributed by atoms with Crippen LogP contribution in [0.3, 0.4) is 0 Å². The monoisotopic (exact) mass is 253 g/mol. The Balaban J connectivity index is 1.99. The third-order valence-corrected chi connectivity index (χ3v) is 3.42. The van der Waals surface area contributed by atoms with Crippen LogP contribution in [0.1, 0.15) is 23.2 Å². The average Bonchev–Trinajstić information content (AvgIpc) is 2.78. The molecule has 1 saturated heterocycles. The van der Waals surface area contributed by atoms with Gasteiger partial charge in [0, 0.05) is 24.5 Å². The Hall–Kier alpha value is -1.22. The standard InChI is InChI=1S/C13H16ClNO2/c14-7-5-10-6-8-15(9-10)13(17)11-1-3-12(16)4-2-11/h1-4,10,16H,5-9H2. The fourth-order valence-corrected chi connectivity index (χ4v) is 2.50. The minimum Gasteiger partial charge on any atom is -0.508 e. The molecule has 4 heteroatoms. The fraction of sp³-hybridized carbons (Fsp3) is 0.462. The zero-order valence-electron chi connectivity index (χ0n) is 9.60. The number of alkyl halides is 1. The van der Waals surface area contributed by atoms with Crippen LogP contribution in [0.15, 0.2) is 24.3 Å². The summed E-state index contributed by atoms with van der Waals surface area (Å²) in [7, 11) is 0. The summed E-state index contributed by atoms with van der Waals surface area (Å²) in [5, 5.41) is 9.18. The summed E-state index contributed by atoms with van der Waals surface area (Å²) in [5.41, 5.74) is 0.634. The van der Waals surface area contributed by atoms with Crippen molar-refractivity contribution >= 4 is 17.5 Å². The predicted octanol–water partition coefficient (Wildman–Crippen LogP) is 2.48. The van der Waals surface area contributed by atoms with Crippen LogP contribution in [0, 0.1) is 5.92 Å². The summed E-state index contributed by atoms with van der Waals surface area (Å²) in [6, 6.07) is 6.40. The van der Waals surface area contributed by atoms with E-state index in [0.717, 1.165) is 25.9 Å². The molecule has 3 nitrogen and oxygen atoms in total. The van der Waals surface area contributed by atoms with Gasteiger partial charge in [-0.25, -0.2) is 0 Å². The summed E-state index contributed by atoms with van der Waals surface area (Å²) >= 11 is 5.71. The third-order valence-electron chi connectivity index (χ3n) is 3.20. The van der Waals surface area contributed by atoms with E-state index in [4.69, 9.17) is 11.6 Å². The number of halogens is 1. The normalized spacial score (nSPS) is 19.6. The number of phenolic OH excluding ortho intramolecular Hbond substituents is 1. The Kier molecular flexibility index (Phi) is 3.89. The van der Waals surface area contributed by atoms with Crippen molar-refractivity contribution in [3.63, 3.8) is 0 Å². The lowest BCUT2D eigenvalue weighted by molar-refractivity contribution is 0.0787. The molecule has 1 heterocycles. The molecule has 1 aliphatic heterocycles. The first-order valence-electron chi connectivity index (χ1n) is 5.85. The number of hydrogen-bond donors (Lipinski definition) is 1. The molecule has 1 atom stereocenters. The highest BCUT2D eigenvalue weighted by molar-refractivity contribution is 6.17. The average molecular weight is 254 g/mol. The predicted molar refractivity (Wildman–Crippen MR) is 67.5 cm³/mol. The SMILES string of the molecule is O=C(c1ccc(O)cc1)N1CCC(CCCl)C1. The second-order valence-corrected chi connectivity index (χ2v) is 4.81. The van der Waals surface area contributed by atoms with E-state index in [0.29, 0.717) is 17.4 Å². The number of rotatable bonds is 3. The Bertz CT molecular complexity index is 391. The number of carbonyl (C=O) groups is 1. The van der Waals surface area contributed by atoms with Crippen molar-refractivity contribution in [2.45, 2.75) is 12.8 Å². The van der Waals surface area contributed by atoms with Gasteiger partial charge in [-0.15, -0.1) is 11.6 Å². The Morgan fingerprint density at radius 2 is 2.12 bits per heavy atom. The zero-order valence-corrected chi connectivity index (χ0v) is 10.4. The van der Waals surface area contributed by atoms with Crippen LogP contribution in [0.5, 0.6) is 5.75 Å². The molecule has 0 aromatic heterocycles. The summed E-state index contributed by atoms with van der Waals surface area (Å²) in [6.07, 6.45) is 2.01. The molecule has 1 aliphatic rings. The van der Waals surface area contributed by atoms with Crippen molar-refractivity contribution in [2.24, 2.45) is 5.92 Å². The van der Waals surface area contributed by atoms with Crippen molar-refractivity contribution in [1.82, 2.24) is 4.90 Å². The summed E-state index contributed by atoms with van der Waals surface area (Å²) in [6.45, 7) is 1.60. The summed E-state index contributed by atoms with van der Waals surface area (Å²) in [4.78, 5) is 14.0. The lowest BCUT2D eigenvalue weighted by atomic mass is 10.1. The van der Waals surface area contributed by atoms with E-state index in [2.05, 4.69) is 0 Å². The fourth-order valence-electron chi connectivity index (χ4n) is 2.19. The highest BCUT2D eigenvalue weighted by atomic mass is 35.5. The first-order valence-corrected chi connectivity index (χ1v) is 6.38. The van der Waals surface area contributed by atoms with Crippen LogP contribution in [0.4, 0.5) is 0 Å². The molecule has 0 saturated carbocycles. The van der Waals surface area contributed by atoms with E-state index in [1.54, 1.807) is 24.3 Å². The highest BCUT2D eigenvalue weighted by Crippen LogP contribution is 2.22. The van der Waals surface area contributed by atoms with Crippen LogP contribution in [0.2, 0.25) is 0 Å². The maximum atomic E-state index is 12.1. The number of phenols is 1. The molecule has 1 N–H and O–H groups in total. The molecule has 17 heavy (non-hydrogen) atoms. The van der Waals surface area contributed by atoms with Crippen LogP contribution < -0.4 is 0 Å². The van der Waals surface area contributed by atoms with Gasteiger partial charge in [-0.05, 0) is 43.0 Å². The first kappa shape index (κ1) is 12.2. The molecule has 92 valence electrons. The molecule has 0 spiro atoms. The molecule has 1 aromatic carbocycles. The van der Waals surface area contributed by atoms with Gasteiger partial charge in [0.15, 0.2) is 0 Å². The van der Waals surface area contributed by atoms with E-state index in [1.165, 1.54) is 0 Å². The lowest BCUT2D eigenvalue weighted by Gasteiger charge is -2.16. The second kappa shape index (κ2) is 5.41. The number of aromatic hydroxyl groups is 1. The Labute approximate surface area is 106 Å². The second-order valence-electron chi connectivity index (χ2n) is 4.43. The summed E-state index contributed by atoms with van der Waals surface area (Å²) < 4.78 is 0.